The monoisotopic (exact) mass is 380 g/mol. The molecule has 0 saturated carbocycles. The number of aryl methyl sites for hydroxylation is 1. The van der Waals surface area contributed by atoms with Crippen molar-refractivity contribution < 1.29 is 13.5 Å². The fourth-order valence-corrected chi connectivity index (χ4v) is 2.96. The quantitative estimate of drug-likeness (QED) is 0.539. The second kappa shape index (κ2) is 6.74. The molecule has 7 nitrogen and oxygen atoms in total. The first-order valence-corrected chi connectivity index (χ1v) is 8.29. The largest absolute Gasteiger partial charge is 0.497 e. The summed E-state index contributed by atoms with van der Waals surface area (Å²) in [5.41, 5.74) is 1.81. The molecule has 0 bridgehead atoms. The van der Waals surface area contributed by atoms with Crippen molar-refractivity contribution in [1.29, 1.82) is 5.26 Å². The number of nitrogens with zero attached hydrogens (tertiary/aromatic N) is 6. The van der Waals surface area contributed by atoms with Gasteiger partial charge in [0.2, 0.25) is 0 Å². The Morgan fingerprint density at radius 2 is 2.00 bits per heavy atom. The molecule has 0 aliphatic rings. The summed E-state index contributed by atoms with van der Waals surface area (Å²) < 4.78 is 35.3. The average molecular weight is 380 g/mol. The zero-order valence-electron chi connectivity index (χ0n) is 15.0. The normalized spacial score (nSPS) is 11.1. The van der Waals surface area contributed by atoms with E-state index in [1.165, 1.54) is 22.9 Å². The van der Waals surface area contributed by atoms with E-state index in [1.807, 2.05) is 6.07 Å². The van der Waals surface area contributed by atoms with Gasteiger partial charge in [-0.05, 0) is 37.3 Å². The molecule has 4 rings (SSSR count). The molecule has 0 N–H and O–H groups in total. The molecule has 3 aromatic heterocycles. The van der Waals surface area contributed by atoms with Crippen LogP contribution in [0.4, 0.5) is 8.78 Å². The lowest BCUT2D eigenvalue weighted by molar-refractivity contribution is 0.150. The Balaban J connectivity index is 1.93. The van der Waals surface area contributed by atoms with Gasteiger partial charge in [0.25, 0.3) is 6.43 Å². The highest BCUT2D eigenvalue weighted by Crippen LogP contribution is 2.28. The zero-order chi connectivity index (χ0) is 19.8. The van der Waals surface area contributed by atoms with E-state index in [-0.39, 0.29) is 17.1 Å². The minimum Gasteiger partial charge on any atom is -0.497 e. The molecule has 0 radical (unpaired) electrons. The first-order valence-electron chi connectivity index (χ1n) is 8.29. The van der Waals surface area contributed by atoms with E-state index in [9.17, 15) is 8.78 Å². The van der Waals surface area contributed by atoms with Crippen LogP contribution < -0.4 is 4.74 Å². The van der Waals surface area contributed by atoms with Gasteiger partial charge in [-0.1, -0.05) is 0 Å². The van der Waals surface area contributed by atoms with Gasteiger partial charge in [0.1, 0.15) is 24.0 Å². The van der Waals surface area contributed by atoms with E-state index in [4.69, 9.17) is 10.00 Å². The molecule has 140 valence electrons. The highest BCUT2D eigenvalue weighted by atomic mass is 19.3. The van der Waals surface area contributed by atoms with Crippen molar-refractivity contribution in [2.24, 2.45) is 0 Å². The van der Waals surface area contributed by atoms with E-state index in [0.717, 1.165) is 5.52 Å². The van der Waals surface area contributed by atoms with Gasteiger partial charge in [-0.15, -0.1) is 0 Å². The first-order chi connectivity index (χ1) is 13.5. The first kappa shape index (κ1) is 17.6. The lowest BCUT2D eigenvalue weighted by Crippen LogP contribution is -2.09. The third kappa shape index (κ3) is 2.85. The number of hydrogen-bond acceptors (Lipinski definition) is 5. The second-order valence-corrected chi connectivity index (χ2v) is 6.05. The second-order valence-electron chi connectivity index (χ2n) is 6.05. The summed E-state index contributed by atoms with van der Waals surface area (Å²) in [6.45, 7) is 1.68. The minimum absolute atomic E-state index is 0.0313. The molecule has 0 spiro atoms. The van der Waals surface area contributed by atoms with Crippen LogP contribution in [0.5, 0.6) is 5.75 Å². The molecule has 1 aromatic carbocycles. The van der Waals surface area contributed by atoms with Crippen molar-refractivity contribution in [2.75, 3.05) is 7.11 Å². The number of nitriles is 1. The summed E-state index contributed by atoms with van der Waals surface area (Å²) in [6.07, 6.45) is -1.18. The summed E-state index contributed by atoms with van der Waals surface area (Å²) in [5, 5.41) is 13.1. The minimum atomic E-state index is -2.75. The molecule has 28 heavy (non-hydrogen) atoms. The van der Waals surface area contributed by atoms with Crippen molar-refractivity contribution in [3.8, 4) is 23.5 Å². The van der Waals surface area contributed by atoms with Crippen LogP contribution >= 0.6 is 0 Å². The highest BCUT2D eigenvalue weighted by molar-refractivity contribution is 5.78. The van der Waals surface area contributed by atoms with Crippen LogP contribution in [0.1, 0.15) is 23.4 Å². The van der Waals surface area contributed by atoms with Gasteiger partial charge in [-0.2, -0.15) is 10.4 Å². The van der Waals surface area contributed by atoms with Gasteiger partial charge in [0.05, 0.1) is 23.7 Å². The Bertz CT molecular complexity index is 1220. The molecule has 0 aliphatic heterocycles. The van der Waals surface area contributed by atoms with Gasteiger partial charge in [-0.3, -0.25) is 4.57 Å². The van der Waals surface area contributed by atoms with Crippen LogP contribution in [0.3, 0.4) is 0 Å². The van der Waals surface area contributed by atoms with Crippen LogP contribution in [0.2, 0.25) is 0 Å². The predicted molar refractivity (Wildman–Crippen MR) is 96.9 cm³/mol. The van der Waals surface area contributed by atoms with E-state index < -0.39 is 6.43 Å². The Morgan fingerprint density at radius 3 is 2.68 bits per heavy atom. The molecule has 0 atom stereocenters. The predicted octanol–water partition coefficient (Wildman–Crippen LogP) is 3.73. The standard InChI is InChI=1S/C19H14F2N6O/c1-11-7-12(9-22)25-27(11)19-14(18(20)21)4-6-17(24-19)26-10-23-15-5-3-13(28-2)8-16(15)26/h3-8,10,18H,1-2H3. The average Bonchev–Trinajstić information content (AvgIpc) is 3.30. The van der Waals surface area contributed by atoms with E-state index in [1.54, 1.807) is 43.1 Å². The number of benzene rings is 1. The van der Waals surface area contributed by atoms with E-state index in [0.29, 0.717) is 22.8 Å². The van der Waals surface area contributed by atoms with Gasteiger partial charge in [-0.25, -0.2) is 23.4 Å². The number of aromatic nitrogens is 5. The maximum atomic E-state index is 13.6. The number of methoxy groups -OCH3 is 1. The number of ether oxygens (including phenoxy) is 1. The summed E-state index contributed by atoms with van der Waals surface area (Å²) in [4.78, 5) is 8.73. The van der Waals surface area contributed by atoms with Gasteiger partial charge < -0.3 is 4.74 Å². The molecule has 0 aliphatic carbocycles. The number of fused-ring (bicyclic) bond motifs is 1. The molecular weight excluding hydrogens is 366 g/mol. The van der Waals surface area contributed by atoms with Crippen LogP contribution in [0, 0.1) is 18.3 Å². The molecular formula is C19H14F2N6O. The SMILES string of the molecule is COc1ccc2ncn(-c3ccc(C(F)F)c(-n4nc(C#N)cc4C)n3)c2c1. The Hall–Kier alpha value is -3.80. The smallest absolute Gasteiger partial charge is 0.267 e. The van der Waals surface area contributed by atoms with E-state index >= 15 is 0 Å². The van der Waals surface area contributed by atoms with Crippen molar-refractivity contribution >= 4 is 11.0 Å². The molecule has 0 unspecified atom stereocenters. The van der Waals surface area contributed by atoms with Crippen LogP contribution in [0.15, 0.2) is 42.7 Å². The zero-order valence-corrected chi connectivity index (χ0v) is 15.0. The number of pyridine rings is 1. The maximum absolute atomic E-state index is 13.6. The fourth-order valence-electron chi connectivity index (χ4n) is 2.96. The Morgan fingerprint density at radius 1 is 1.18 bits per heavy atom. The molecule has 0 saturated heterocycles. The Kier molecular flexibility index (Phi) is 4.24. The van der Waals surface area contributed by atoms with Crippen LogP contribution in [-0.2, 0) is 0 Å². The summed E-state index contributed by atoms with van der Waals surface area (Å²) in [6, 6.07) is 11.6. The number of imidazole rings is 1. The summed E-state index contributed by atoms with van der Waals surface area (Å²) >= 11 is 0. The number of halogens is 2. The molecule has 0 amide bonds. The van der Waals surface area contributed by atoms with Crippen LogP contribution in [-0.4, -0.2) is 31.4 Å². The topological polar surface area (TPSA) is 81.5 Å². The molecule has 0 fully saturated rings. The lowest BCUT2D eigenvalue weighted by Gasteiger charge is -2.12. The van der Waals surface area contributed by atoms with Gasteiger partial charge >= 0.3 is 0 Å². The van der Waals surface area contributed by atoms with Crippen LogP contribution in [0.25, 0.3) is 22.7 Å². The van der Waals surface area contributed by atoms with Gasteiger partial charge in [0.15, 0.2) is 11.5 Å². The Labute approximate surface area is 158 Å². The van der Waals surface area contributed by atoms with Crippen molar-refractivity contribution in [3.63, 3.8) is 0 Å². The number of rotatable bonds is 4. The molecule has 3 heterocycles. The summed E-state index contributed by atoms with van der Waals surface area (Å²) in [5.74, 6) is 1.00. The molecule has 9 heteroatoms. The van der Waals surface area contributed by atoms with Gasteiger partial charge in [0, 0.05) is 11.8 Å². The number of hydrogen-bond donors (Lipinski definition) is 0. The lowest BCUT2D eigenvalue weighted by atomic mass is 10.2. The van der Waals surface area contributed by atoms with Crippen molar-refractivity contribution in [1.82, 2.24) is 24.3 Å². The number of alkyl halides is 2. The van der Waals surface area contributed by atoms with E-state index in [2.05, 4.69) is 15.1 Å². The highest BCUT2D eigenvalue weighted by Gasteiger charge is 2.20. The molecule has 4 aromatic rings. The third-order valence-electron chi connectivity index (χ3n) is 4.33. The third-order valence-corrected chi connectivity index (χ3v) is 4.33. The van der Waals surface area contributed by atoms with Crippen molar-refractivity contribution in [3.05, 3.63) is 59.7 Å². The maximum Gasteiger partial charge on any atom is 0.267 e. The van der Waals surface area contributed by atoms with Crippen molar-refractivity contribution in [2.45, 2.75) is 13.3 Å². The fraction of sp³-hybridized carbons (Fsp3) is 0.158. The summed E-state index contributed by atoms with van der Waals surface area (Å²) in [7, 11) is 1.56.